The zero-order valence-corrected chi connectivity index (χ0v) is 7.30. The Kier molecular flexibility index (Phi) is 5.64. The second-order valence-electron chi connectivity index (χ2n) is 2.77. The van der Waals surface area contributed by atoms with Gasteiger partial charge < -0.3 is 10.0 Å². The van der Waals surface area contributed by atoms with Crippen LogP contribution in [0.2, 0.25) is 0 Å². The zero-order chi connectivity index (χ0) is 7.98. The molecule has 0 aliphatic rings. The standard InChI is InChI=1S/C8H19NO/c1-4-9(5-2)6-8(3)7-10/h8,10H,4-7H2,1-3H3/t8-/m1/s1. The van der Waals surface area contributed by atoms with E-state index in [4.69, 9.17) is 5.11 Å². The van der Waals surface area contributed by atoms with Gasteiger partial charge >= 0.3 is 0 Å². The lowest BCUT2D eigenvalue weighted by Gasteiger charge is -2.20. The summed E-state index contributed by atoms with van der Waals surface area (Å²) >= 11 is 0. The quantitative estimate of drug-likeness (QED) is 0.623. The molecule has 0 bridgehead atoms. The number of aliphatic hydroxyl groups excluding tert-OH is 1. The van der Waals surface area contributed by atoms with Crippen LogP contribution in [0.25, 0.3) is 0 Å². The van der Waals surface area contributed by atoms with Crippen LogP contribution in [0.4, 0.5) is 0 Å². The van der Waals surface area contributed by atoms with Gasteiger partial charge in [0, 0.05) is 13.2 Å². The molecule has 0 fully saturated rings. The lowest BCUT2D eigenvalue weighted by molar-refractivity contribution is 0.181. The van der Waals surface area contributed by atoms with E-state index in [2.05, 4.69) is 25.7 Å². The van der Waals surface area contributed by atoms with Gasteiger partial charge in [-0.1, -0.05) is 20.8 Å². The molecule has 0 heterocycles. The third kappa shape index (κ3) is 3.85. The van der Waals surface area contributed by atoms with Crippen molar-refractivity contribution in [1.82, 2.24) is 4.90 Å². The van der Waals surface area contributed by atoms with Gasteiger partial charge in [0.2, 0.25) is 0 Å². The van der Waals surface area contributed by atoms with Crippen LogP contribution >= 0.6 is 0 Å². The maximum absolute atomic E-state index is 8.75. The van der Waals surface area contributed by atoms with Crippen LogP contribution in [0.5, 0.6) is 0 Å². The molecule has 0 rings (SSSR count). The molecule has 1 atom stereocenters. The predicted molar refractivity (Wildman–Crippen MR) is 44.0 cm³/mol. The molecule has 1 N–H and O–H groups in total. The largest absolute Gasteiger partial charge is 0.396 e. The third-order valence-corrected chi connectivity index (χ3v) is 1.78. The fourth-order valence-electron chi connectivity index (χ4n) is 0.980. The average molecular weight is 145 g/mol. The van der Waals surface area contributed by atoms with Gasteiger partial charge in [-0.15, -0.1) is 0 Å². The topological polar surface area (TPSA) is 23.5 Å². The average Bonchev–Trinajstić information content (AvgIpc) is 1.99. The Bertz CT molecular complexity index is 71.7. The van der Waals surface area contributed by atoms with Crippen molar-refractivity contribution in [2.24, 2.45) is 5.92 Å². The summed E-state index contributed by atoms with van der Waals surface area (Å²) in [4.78, 5) is 2.32. The van der Waals surface area contributed by atoms with E-state index in [0.29, 0.717) is 12.5 Å². The minimum atomic E-state index is 0.302. The Morgan fingerprint density at radius 3 is 2.10 bits per heavy atom. The van der Waals surface area contributed by atoms with Gasteiger partial charge in [0.05, 0.1) is 0 Å². The van der Waals surface area contributed by atoms with E-state index in [9.17, 15) is 0 Å². The van der Waals surface area contributed by atoms with Crippen LogP contribution in [-0.4, -0.2) is 36.2 Å². The van der Waals surface area contributed by atoms with Crippen LogP contribution < -0.4 is 0 Å². The van der Waals surface area contributed by atoms with E-state index in [1.165, 1.54) is 0 Å². The molecule has 0 saturated carbocycles. The highest BCUT2D eigenvalue weighted by atomic mass is 16.3. The molecule has 10 heavy (non-hydrogen) atoms. The summed E-state index contributed by atoms with van der Waals surface area (Å²) in [6.45, 7) is 9.85. The van der Waals surface area contributed by atoms with Crippen LogP contribution in [0.3, 0.4) is 0 Å². The van der Waals surface area contributed by atoms with E-state index in [1.807, 2.05) is 0 Å². The van der Waals surface area contributed by atoms with Crippen LogP contribution in [0.15, 0.2) is 0 Å². The molecule has 2 nitrogen and oxygen atoms in total. The van der Waals surface area contributed by atoms with Crippen LogP contribution in [0.1, 0.15) is 20.8 Å². The fourth-order valence-corrected chi connectivity index (χ4v) is 0.980. The van der Waals surface area contributed by atoms with Gasteiger partial charge in [0.15, 0.2) is 0 Å². The van der Waals surface area contributed by atoms with Crippen molar-refractivity contribution in [2.45, 2.75) is 20.8 Å². The Morgan fingerprint density at radius 1 is 1.30 bits per heavy atom. The maximum atomic E-state index is 8.75. The summed E-state index contributed by atoms with van der Waals surface area (Å²) in [5, 5.41) is 8.75. The van der Waals surface area contributed by atoms with E-state index in [1.54, 1.807) is 0 Å². The predicted octanol–water partition coefficient (Wildman–Crippen LogP) is 0.957. The maximum Gasteiger partial charge on any atom is 0.0468 e. The Labute approximate surface area is 63.8 Å². The highest BCUT2D eigenvalue weighted by molar-refractivity contribution is 4.57. The minimum absolute atomic E-state index is 0.302. The molecule has 0 aliphatic heterocycles. The van der Waals surface area contributed by atoms with Crippen molar-refractivity contribution in [1.29, 1.82) is 0 Å². The summed E-state index contributed by atoms with van der Waals surface area (Å²) in [6, 6.07) is 0. The molecule has 0 aromatic heterocycles. The highest BCUT2D eigenvalue weighted by Crippen LogP contribution is 1.97. The molecule has 0 amide bonds. The van der Waals surface area contributed by atoms with Crippen LogP contribution in [0, 0.1) is 5.92 Å². The molecule has 0 radical (unpaired) electrons. The van der Waals surface area contributed by atoms with E-state index < -0.39 is 0 Å². The highest BCUT2D eigenvalue weighted by Gasteiger charge is 2.04. The Morgan fingerprint density at radius 2 is 1.80 bits per heavy atom. The molecule has 0 aromatic carbocycles. The SMILES string of the molecule is CCN(CC)C[C@@H](C)CO. The van der Waals surface area contributed by atoms with Gasteiger partial charge in [-0.25, -0.2) is 0 Å². The summed E-state index contributed by atoms with van der Waals surface area (Å²) < 4.78 is 0. The molecular weight excluding hydrogens is 126 g/mol. The van der Waals surface area contributed by atoms with Crippen molar-refractivity contribution in [2.75, 3.05) is 26.2 Å². The van der Waals surface area contributed by atoms with Gasteiger partial charge in [-0.3, -0.25) is 0 Å². The van der Waals surface area contributed by atoms with Crippen molar-refractivity contribution < 1.29 is 5.11 Å². The number of hydrogen-bond acceptors (Lipinski definition) is 2. The smallest absolute Gasteiger partial charge is 0.0468 e. The monoisotopic (exact) mass is 145 g/mol. The number of nitrogens with zero attached hydrogens (tertiary/aromatic N) is 1. The normalized spacial score (nSPS) is 14.1. The van der Waals surface area contributed by atoms with Gasteiger partial charge in [-0.2, -0.15) is 0 Å². The lowest BCUT2D eigenvalue weighted by atomic mass is 10.2. The first-order valence-electron chi connectivity index (χ1n) is 4.07. The summed E-state index contributed by atoms with van der Waals surface area (Å²) in [6.07, 6.45) is 0. The van der Waals surface area contributed by atoms with Crippen molar-refractivity contribution >= 4 is 0 Å². The first-order valence-corrected chi connectivity index (χ1v) is 4.07. The summed E-state index contributed by atoms with van der Waals surface area (Å²) in [5.41, 5.74) is 0. The number of aliphatic hydroxyl groups is 1. The summed E-state index contributed by atoms with van der Waals surface area (Å²) in [7, 11) is 0. The molecule has 2 heteroatoms. The molecular formula is C8H19NO. The van der Waals surface area contributed by atoms with E-state index in [0.717, 1.165) is 19.6 Å². The number of hydrogen-bond donors (Lipinski definition) is 1. The lowest BCUT2D eigenvalue weighted by Crippen LogP contribution is -2.29. The van der Waals surface area contributed by atoms with E-state index in [-0.39, 0.29) is 0 Å². The fraction of sp³-hybridized carbons (Fsp3) is 1.00. The molecule has 0 aliphatic carbocycles. The molecule has 0 spiro atoms. The van der Waals surface area contributed by atoms with Crippen molar-refractivity contribution in [3.8, 4) is 0 Å². The summed E-state index contributed by atoms with van der Waals surface area (Å²) in [5.74, 6) is 0.417. The second kappa shape index (κ2) is 5.69. The number of rotatable bonds is 5. The van der Waals surface area contributed by atoms with Crippen LogP contribution in [-0.2, 0) is 0 Å². The Balaban J connectivity index is 3.41. The third-order valence-electron chi connectivity index (χ3n) is 1.78. The molecule has 62 valence electrons. The van der Waals surface area contributed by atoms with Gasteiger partial charge in [-0.05, 0) is 19.0 Å². The Hall–Kier alpha value is -0.0800. The second-order valence-corrected chi connectivity index (χ2v) is 2.77. The van der Waals surface area contributed by atoms with Gasteiger partial charge in [0.25, 0.3) is 0 Å². The molecule has 0 saturated heterocycles. The van der Waals surface area contributed by atoms with Crippen molar-refractivity contribution in [3.63, 3.8) is 0 Å². The molecule has 0 aromatic rings. The van der Waals surface area contributed by atoms with Gasteiger partial charge in [0.1, 0.15) is 0 Å². The van der Waals surface area contributed by atoms with Crippen molar-refractivity contribution in [3.05, 3.63) is 0 Å². The first-order chi connectivity index (χ1) is 4.74. The first kappa shape index (κ1) is 9.92. The van der Waals surface area contributed by atoms with E-state index >= 15 is 0 Å². The zero-order valence-electron chi connectivity index (χ0n) is 7.30. The minimum Gasteiger partial charge on any atom is -0.396 e. The molecule has 0 unspecified atom stereocenters.